The summed E-state index contributed by atoms with van der Waals surface area (Å²) >= 11 is 1.92. The molecule has 2 aromatic rings. The van der Waals surface area contributed by atoms with Crippen LogP contribution in [0, 0.1) is 0 Å². The van der Waals surface area contributed by atoms with Crippen LogP contribution in [0.4, 0.5) is 0 Å². The van der Waals surface area contributed by atoms with Crippen molar-refractivity contribution < 1.29 is 4.74 Å². The summed E-state index contributed by atoms with van der Waals surface area (Å²) in [6, 6.07) is 11.1. The maximum Gasteiger partial charge on any atom is 0.119 e. The molecule has 124 valence electrons. The van der Waals surface area contributed by atoms with Gasteiger partial charge in [-0.2, -0.15) is 0 Å². The largest absolute Gasteiger partial charge is 0.497 e. The van der Waals surface area contributed by atoms with Crippen molar-refractivity contribution in [3.63, 3.8) is 0 Å². The van der Waals surface area contributed by atoms with Crippen molar-refractivity contribution in [2.75, 3.05) is 26.7 Å². The van der Waals surface area contributed by atoms with Crippen LogP contribution in [0.25, 0.3) is 0 Å². The molecular formula is C19H24ClNOS. The highest BCUT2D eigenvalue weighted by Crippen LogP contribution is 2.38. The van der Waals surface area contributed by atoms with E-state index in [0.29, 0.717) is 5.92 Å². The van der Waals surface area contributed by atoms with Crippen LogP contribution in [0.1, 0.15) is 40.7 Å². The number of benzene rings is 1. The summed E-state index contributed by atoms with van der Waals surface area (Å²) in [6.45, 7) is 3.72. The topological polar surface area (TPSA) is 12.5 Å². The Kier molecular flexibility index (Phi) is 5.30. The van der Waals surface area contributed by atoms with Gasteiger partial charge < -0.3 is 9.64 Å². The molecule has 2 atom stereocenters. The Morgan fingerprint density at radius 2 is 2.17 bits per heavy atom. The maximum absolute atomic E-state index is 5.35. The monoisotopic (exact) mass is 349 g/mol. The summed E-state index contributed by atoms with van der Waals surface area (Å²) in [4.78, 5) is 4.24. The number of aryl methyl sites for hydroxylation is 1. The van der Waals surface area contributed by atoms with E-state index in [1.54, 1.807) is 17.6 Å². The van der Waals surface area contributed by atoms with Crippen LogP contribution in [0.3, 0.4) is 0 Å². The number of hydrogen-bond acceptors (Lipinski definition) is 3. The third-order valence-corrected chi connectivity index (χ3v) is 6.28. The molecule has 23 heavy (non-hydrogen) atoms. The van der Waals surface area contributed by atoms with E-state index >= 15 is 0 Å². The summed E-state index contributed by atoms with van der Waals surface area (Å²) in [6.07, 6.45) is 3.82. The zero-order valence-electron chi connectivity index (χ0n) is 13.5. The lowest BCUT2D eigenvalue weighted by Crippen LogP contribution is -2.25. The highest BCUT2D eigenvalue weighted by molar-refractivity contribution is 7.10. The normalized spacial score (nSPS) is 23.5. The van der Waals surface area contributed by atoms with Gasteiger partial charge in [-0.15, -0.1) is 23.7 Å². The average molecular weight is 350 g/mol. The molecule has 2 unspecified atom stereocenters. The Hall–Kier alpha value is -1.03. The molecule has 0 N–H and O–H groups in total. The third kappa shape index (κ3) is 3.42. The van der Waals surface area contributed by atoms with E-state index in [2.05, 4.69) is 40.6 Å². The van der Waals surface area contributed by atoms with E-state index in [9.17, 15) is 0 Å². The van der Waals surface area contributed by atoms with Gasteiger partial charge in [0.2, 0.25) is 0 Å². The van der Waals surface area contributed by atoms with Crippen molar-refractivity contribution in [1.82, 2.24) is 4.90 Å². The van der Waals surface area contributed by atoms with Gasteiger partial charge in [-0.05, 0) is 66.4 Å². The number of rotatable bonds is 4. The van der Waals surface area contributed by atoms with Crippen molar-refractivity contribution in [1.29, 1.82) is 0 Å². The van der Waals surface area contributed by atoms with E-state index in [1.165, 1.54) is 44.5 Å². The molecule has 4 rings (SSSR count). The predicted octanol–water partition coefficient (Wildman–Crippen LogP) is 4.70. The molecule has 0 spiro atoms. The van der Waals surface area contributed by atoms with E-state index < -0.39 is 0 Å². The zero-order valence-corrected chi connectivity index (χ0v) is 15.2. The molecule has 2 nitrogen and oxygen atoms in total. The number of nitrogens with zero attached hydrogens (tertiary/aromatic N) is 1. The van der Waals surface area contributed by atoms with Crippen molar-refractivity contribution in [2.24, 2.45) is 0 Å². The van der Waals surface area contributed by atoms with Crippen LogP contribution in [0.15, 0.2) is 35.7 Å². The molecular weight excluding hydrogens is 326 g/mol. The van der Waals surface area contributed by atoms with Crippen LogP contribution >= 0.6 is 23.7 Å². The van der Waals surface area contributed by atoms with Gasteiger partial charge in [0.25, 0.3) is 0 Å². The van der Waals surface area contributed by atoms with Crippen LogP contribution in [0.5, 0.6) is 5.75 Å². The average Bonchev–Trinajstić information content (AvgIpc) is 3.27. The Balaban J connectivity index is 0.00000156. The summed E-state index contributed by atoms with van der Waals surface area (Å²) in [5, 5.41) is 2.21. The molecule has 4 heteroatoms. The van der Waals surface area contributed by atoms with Crippen LogP contribution in [-0.4, -0.2) is 31.6 Å². The third-order valence-electron chi connectivity index (χ3n) is 5.25. The van der Waals surface area contributed by atoms with E-state index in [1.807, 2.05) is 11.3 Å². The van der Waals surface area contributed by atoms with Crippen molar-refractivity contribution in [3.05, 3.63) is 51.7 Å². The predicted molar refractivity (Wildman–Crippen MR) is 99.4 cm³/mol. The number of thiophene rings is 1. The maximum atomic E-state index is 5.35. The lowest BCUT2D eigenvalue weighted by molar-refractivity contribution is 0.309. The van der Waals surface area contributed by atoms with Gasteiger partial charge in [0.1, 0.15) is 5.75 Å². The first-order valence-electron chi connectivity index (χ1n) is 8.26. The number of hydrogen-bond donors (Lipinski definition) is 0. The molecule has 0 saturated carbocycles. The van der Waals surface area contributed by atoms with Gasteiger partial charge in [0.15, 0.2) is 0 Å². The first-order valence-corrected chi connectivity index (χ1v) is 9.14. The molecule has 1 aromatic heterocycles. The molecule has 2 aliphatic rings. The van der Waals surface area contributed by atoms with Crippen molar-refractivity contribution in [3.8, 4) is 5.75 Å². The first-order chi connectivity index (χ1) is 10.8. The molecule has 0 radical (unpaired) electrons. The molecule has 2 heterocycles. The second-order valence-corrected chi connectivity index (χ2v) is 7.54. The number of halogens is 1. The van der Waals surface area contributed by atoms with Gasteiger partial charge in [0, 0.05) is 23.9 Å². The van der Waals surface area contributed by atoms with Gasteiger partial charge in [-0.25, -0.2) is 0 Å². The van der Waals surface area contributed by atoms with Gasteiger partial charge in [0.05, 0.1) is 7.11 Å². The van der Waals surface area contributed by atoms with Crippen LogP contribution in [0.2, 0.25) is 0 Å². The Labute approximate surface area is 148 Å². The second-order valence-electron chi connectivity index (χ2n) is 6.56. The summed E-state index contributed by atoms with van der Waals surface area (Å²) < 4.78 is 5.35. The fourth-order valence-corrected chi connectivity index (χ4v) is 4.92. The Morgan fingerprint density at radius 1 is 1.26 bits per heavy atom. The smallest absolute Gasteiger partial charge is 0.119 e. The number of methoxy groups -OCH3 is 1. The van der Waals surface area contributed by atoms with Crippen LogP contribution in [-0.2, 0) is 6.42 Å². The SMILES string of the molecule is COc1ccc2c(c1)CCC2CN1CCC(c2cccs2)C1.Cl. The van der Waals surface area contributed by atoms with E-state index in [4.69, 9.17) is 4.74 Å². The quantitative estimate of drug-likeness (QED) is 0.793. The fourth-order valence-electron chi connectivity index (χ4n) is 4.06. The molecule has 0 bridgehead atoms. The lowest BCUT2D eigenvalue weighted by Gasteiger charge is -2.21. The summed E-state index contributed by atoms with van der Waals surface area (Å²) in [7, 11) is 1.75. The number of fused-ring (bicyclic) bond motifs is 1. The van der Waals surface area contributed by atoms with Gasteiger partial charge in [-0.3, -0.25) is 0 Å². The highest BCUT2D eigenvalue weighted by Gasteiger charge is 2.29. The first kappa shape index (κ1) is 16.8. The Bertz CT molecular complexity index is 643. The summed E-state index contributed by atoms with van der Waals surface area (Å²) in [5.74, 6) is 2.47. The lowest BCUT2D eigenvalue weighted by atomic mass is 10.0. The minimum Gasteiger partial charge on any atom is -0.497 e. The van der Waals surface area contributed by atoms with Gasteiger partial charge in [-0.1, -0.05) is 12.1 Å². The zero-order chi connectivity index (χ0) is 14.9. The molecule has 1 aliphatic carbocycles. The van der Waals surface area contributed by atoms with Crippen molar-refractivity contribution in [2.45, 2.75) is 31.1 Å². The molecule has 1 aromatic carbocycles. The summed E-state index contributed by atoms with van der Waals surface area (Å²) in [5.41, 5.74) is 3.05. The minimum atomic E-state index is 0. The second kappa shape index (κ2) is 7.25. The molecule has 1 fully saturated rings. The molecule has 0 amide bonds. The van der Waals surface area contributed by atoms with Gasteiger partial charge >= 0.3 is 0 Å². The van der Waals surface area contributed by atoms with E-state index in [0.717, 1.165) is 11.7 Å². The fraction of sp³-hybridized carbons (Fsp3) is 0.474. The van der Waals surface area contributed by atoms with Crippen molar-refractivity contribution >= 4 is 23.7 Å². The standard InChI is InChI=1S/C19H23NOS.ClH/c1-21-17-6-7-18-14(11-17)4-5-15(18)12-20-9-8-16(13-20)19-3-2-10-22-19;/h2-3,6-7,10-11,15-16H,4-5,8-9,12-13H2,1H3;1H. The van der Waals surface area contributed by atoms with E-state index in [-0.39, 0.29) is 12.4 Å². The number of likely N-dealkylation sites (tertiary alicyclic amines) is 1. The Morgan fingerprint density at radius 3 is 2.96 bits per heavy atom. The molecule has 1 aliphatic heterocycles. The number of ether oxygens (including phenoxy) is 1. The highest BCUT2D eigenvalue weighted by atomic mass is 35.5. The minimum absolute atomic E-state index is 0. The molecule has 1 saturated heterocycles. The van der Waals surface area contributed by atoms with Crippen LogP contribution < -0.4 is 4.74 Å².